The van der Waals surface area contributed by atoms with E-state index in [-0.39, 0.29) is 43.5 Å². The standard InChI is InChI=1S/C14H14F3N3O4.ClH/c15-14(16,17)5-20-4-7(1-12(20)21)13(22)19-9-3-11-10(2-8(9)18)23-6-24-11;/h2-3,7H,1,4-6,18H2,(H,19,22);1H. The monoisotopic (exact) mass is 381 g/mol. The molecule has 1 aromatic carbocycles. The summed E-state index contributed by atoms with van der Waals surface area (Å²) in [6.45, 7) is -1.61. The molecule has 1 aromatic rings. The Labute approximate surface area is 146 Å². The molecule has 1 fully saturated rings. The number of nitrogens with zero attached hydrogens (tertiary/aromatic N) is 1. The molecule has 11 heteroatoms. The van der Waals surface area contributed by atoms with Gasteiger partial charge in [-0.1, -0.05) is 0 Å². The molecule has 1 atom stereocenters. The second-order valence-electron chi connectivity index (χ2n) is 5.57. The number of fused-ring (bicyclic) bond motifs is 1. The van der Waals surface area contributed by atoms with Gasteiger partial charge in [0.15, 0.2) is 11.5 Å². The van der Waals surface area contributed by atoms with E-state index in [9.17, 15) is 22.8 Å². The largest absolute Gasteiger partial charge is 0.454 e. The highest BCUT2D eigenvalue weighted by molar-refractivity contribution is 5.99. The zero-order valence-corrected chi connectivity index (χ0v) is 13.6. The smallest absolute Gasteiger partial charge is 0.406 e. The Morgan fingerprint density at radius 2 is 1.96 bits per heavy atom. The molecule has 1 saturated heterocycles. The van der Waals surface area contributed by atoms with Gasteiger partial charge in [0.05, 0.1) is 17.3 Å². The van der Waals surface area contributed by atoms with Crippen LogP contribution < -0.4 is 20.5 Å². The first-order chi connectivity index (χ1) is 11.2. The Balaban J connectivity index is 0.00000225. The third-order valence-corrected chi connectivity index (χ3v) is 3.76. The van der Waals surface area contributed by atoms with E-state index in [1.807, 2.05) is 0 Å². The van der Waals surface area contributed by atoms with E-state index in [4.69, 9.17) is 15.2 Å². The first kappa shape index (κ1) is 19.0. The molecule has 0 bridgehead atoms. The first-order valence-electron chi connectivity index (χ1n) is 7.07. The van der Waals surface area contributed by atoms with Crippen LogP contribution in [0.3, 0.4) is 0 Å². The Morgan fingerprint density at radius 3 is 2.60 bits per heavy atom. The first-order valence-corrected chi connectivity index (χ1v) is 7.07. The Kier molecular flexibility index (Phi) is 5.21. The topological polar surface area (TPSA) is 93.9 Å². The van der Waals surface area contributed by atoms with Gasteiger partial charge in [-0.05, 0) is 0 Å². The number of hydrogen-bond acceptors (Lipinski definition) is 5. The summed E-state index contributed by atoms with van der Waals surface area (Å²) in [4.78, 5) is 24.5. The summed E-state index contributed by atoms with van der Waals surface area (Å²) in [5, 5.41) is 2.53. The van der Waals surface area contributed by atoms with Crippen LogP contribution in [0, 0.1) is 5.92 Å². The molecular weight excluding hydrogens is 367 g/mol. The highest BCUT2D eigenvalue weighted by atomic mass is 35.5. The van der Waals surface area contributed by atoms with Crippen molar-refractivity contribution in [2.24, 2.45) is 5.92 Å². The maximum absolute atomic E-state index is 12.4. The number of amides is 2. The molecular formula is C14H15ClF3N3O4. The van der Waals surface area contributed by atoms with Gasteiger partial charge < -0.3 is 25.4 Å². The van der Waals surface area contributed by atoms with Gasteiger partial charge in [-0.2, -0.15) is 13.2 Å². The van der Waals surface area contributed by atoms with Crippen LogP contribution >= 0.6 is 12.4 Å². The van der Waals surface area contributed by atoms with Crippen molar-refractivity contribution in [3.8, 4) is 11.5 Å². The number of halogens is 4. The van der Waals surface area contributed by atoms with Gasteiger partial charge in [-0.15, -0.1) is 12.4 Å². The lowest BCUT2D eigenvalue weighted by atomic mass is 10.1. The van der Waals surface area contributed by atoms with Gasteiger partial charge in [0, 0.05) is 25.1 Å². The molecule has 0 aliphatic carbocycles. The second kappa shape index (κ2) is 6.87. The summed E-state index contributed by atoms with van der Waals surface area (Å²) in [7, 11) is 0. The molecule has 2 heterocycles. The molecule has 0 aromatic heterocycles. The molecule has 0 spiro atoms. The molecule has 0 saturated carbocycles. The van der Waals surface area contributed by atoms with Crippen LogP contribution in [0.5, 0.6) is 11.5 Å². The van der Waals surface area contributed by atoms with E-state index in [0.717, 1.165) is 0 Å². The maximum Gasteiger partial charge on any atom is 0.406 e. The average Bonchev–Trinajstić information content (AvgIpc) is 3.04. The quantitative estimate of drug-likeness (QED) is 0.778. The zero-order chi connectivity index (χ0) is 17.5. The fourth-order valence-electron chi connectivity index (χ4n) is 2.62. The van der Waals surface area contributed by atoms with Gasteiger partial charge in [0.1, 0.15) is 6.54 Å². The van der Waals surface area contributed by atoms with Crippen molar-refractivity contribution < 1.29 is 32.2 Å². The van der Waals surface area contributed by atoms with Gasteiger partial charge in [0.25, 0.3) is 0 Å². The van der Waals surface area contributed by atoms with E-state index < -0.39 is 30.5 Å². The van der Waals surface area contributed by atoms with E-state index in [2.05, 4.69) is 5.32 Å². The Morgan fingerprint density at radius 1 is 1.32 bits per heavy atom. The van der Waals surface area contributed by atoms with Crippen LogP contribution in [-0.2, 0) is 9.59 Å². The minimum absolute atomic E-state index is 0. The normalized spacial score (nSPS) is 18.9. The number of nitrogen functional groups attached to an aromatic ring is 1. The molecule has 1 unspecified atom stereocenters. The average molecular weight is 382 g/mol. The maximum atomic E-state index is 12.4. The third kappa shape index (κ3) is 4.19. The van der Waals surface area contributed by atoms with Gasteiger partial charge in [-0.25, -0.2) is 0 Å². The van der Waals surface area contributed by atoms with Crippen molar-refractivity contribution in [3.63, 3.8) is 0 Å². The molecule has 0 radical (unpaired) electrons. The number of likely N-dealkylation sites (tertiary alicyclic amines) is 1. The molecule has 3 N–H and O–H groups in total. The number of nitrogens with one attached hydrogen (secondary N) is 1. The van der Waals surface area contributed by atoms with Crippen LogP contribution in [0.2, 0.25) is 0 Å². The predicted molar refractivity (Wildman–Crippen MR) is 83.6 cm³/mol. The van der Waals surface area contributed by atoms with Crippen molar-refractivity contribution in [1.82, 2.24) is 4.90 Å². The van der Waals surface area contributed by atoms with Gasteiger partial charge in [0.2, 0.25) is 18.6 Å². The summed E-state index contributed by atoms with van der Waals surface area (Å²) >= 11 is 0. The zero-order valence-electron chi connectivity index (χ0n) is 12.8. The van der Waals surface area contributed by atoms with Gasteiger partial charge >= 0.3 is 6.18 Å². The van der Waals surface area contributed by atoms with Crippen LogP contribution in [0.15, 0.2) is 12.1 Å². The molecule has 25 heavy (non-hydrogen) atoms. The van der Waals surface area contributed by atoms with Crippen molar-refractivity contribution in [2.75, 3.05) is 30.9 Å². The van der Waals surface area contributed by atoms with Crippen molar-refractivity contribution in [2.45, 2.75) is 12.6 Å². The fraction of sp³-hybridized carbons (Fsp3) is 0.429. The minimum atomic E-state index is -4.50. The molecule has 2 amide bonds. The van der Waals surface area contributed by atoms with Crippen molar-refractivity contribution in [3.05, 3.63) is 12.1 Å². The summed E-state index contributed by atoms with van der Waals surface area (Å²) in [6, 6.07) is 2.95. The number of benzene rings is 1. The highest BCUT2D eigenvalue weighted by Crippen LogP contribution is 2.38. The molecule has 2 aliphatic heterocycles. The molecule has 3 rings (SSSR count). The van der Waals surface area contributed by atoms with E-state index in [0.29, 0.717) is 16.4 Å². The van der Waals surface area contributed by atoms with E-state index in [1.165, 1.54) is 12.1 Å². The minimum Gasteiger partial charge on any atom is -0.454 e. The number of carbonyl (C=O) groups is 2. The number of nitrogens with two attached hydrogens (primary N) is 1. The fourth-order valence-corrected chi connectivity index (χ4v) is 2.62. The van der Waals surface area contributed by atoms with Crippen LogP contribution in [0.4, 0.5) is 24.5 Å². The van der Waals surface area contributed by atoms with E-state index in [1.54, 1.807) is 0 Å². The van der Waals surface area contributed by atoms with Crippen molar-refractivity contribution in [1.29, 1.82) is 0 Å². The number of rotatable bonds is 3. The second-order valence-corrected chi connectivity index (χ2v) is 5.57. The molecule has 138 valence electrons. The molecule has 7 nitrogen and oxygen atoms in total. The number of carbonyl (C=O) groups excluding carboxylic acids is 2. The SMILES string of the molecule is Cl.Nc1cc2c(cc1NC(=O)C1CC(=O)N(CC(F)(F)F)C1)OCO2. The highest BCUT2D eigenvalue weighted by Gasteiger charge is 2.40. The van der Waals surface area contributed by atoms with Crippen LogP contribution in [-0.4, -0.2) is 42.8 Å². The van der Waals surface area contributed by atoms with Crippen molar-refractivity contribution >= 4 is 35.6 Å². The Bertz CT molecular complexity index is 699. The summed E-state index contributed by atoms with van der Waals surface area (Å²) in [5.41, 5.74) is 6.28. The number of ether oxygens (including phenoxy) is 2. The third-order valence-electron chi connectivity index (χ3n) is 3.76. The van der Waals surface area contributed by atoms with Crippen LogP contribution in [0.1, 0.15) is 6.42 Å². The lowest BCUT2D eigenvalue weighted by molar-refractivity contribution is -0.157. The number of alkyl halides is 3. The summed E-state index contributed by atoms with van der Waals surface area (Å²) in [5.74, 6) is -1.30. The van der Waals surface area contributed by atoms with Gasteiger partial charge in [-0.3, -0.25) is 9.59 Å². The number of hydrogen-bond donors (Lipinski definition) is 2. The number of anilines is 2. The summed E-state index contributed by atoms with van der Waals surface area (Å²) < 4.78 is 47.5. The summed E-state index contributed by atoms with van der Waals surface area (Å²) in [6.07, 6.45) is -4.77. The van der Waals surface area contributed by atoms with E-state index >= 15 is 0 Å². The molecule has 2 aliphatic rings. The Hall–Kier alpha value is -2.36. The predicted octanol–water partition coefficient (Wildman–Crippen LogP) is 1.77. The lowest BCUT2D eigenvalue weighted by Crippen LogP contribution is -2.36. The van der Waals surface area contributed by atoms with Crippen LogP contribution in [0.25, 0.3) is 0 Å². The lowest BCUT2D eigenvalue weighted by Gasteiger charge is -2.18.